The Bertz CT molecular complexity index is 402. The Morgan fingerprint density at radius 1 is 1.47 bits per heavy atom. The zero-order valence-corrected chi connectivity index (χ0v) is 13.6. The lowest BCUT2D eigenvalue weighted by molar-refractivity contribution is 0.0735. The van der Waals surface area contributed by atoms with E-state index >= 15 is 0 Å². The van der Waals surface area contributed by atoms with Crippen LogP contribution in [0.5, 0.6) is 0 Å². The molecular formula is C15H27N3S. The lowest BCUT2D eigenvalue weighted by Crippen LogP contribution is -2.58. The van der Waals surface area contributed by atoms with Crippen LogP contribution in [0.4, 0.5) is 0 Å². The maximum atomic E-state index is 4.59. The first-order chi connectivity index (χ1) is 9.02. The molecule has 2 rings (SSSR count). The monoisotopic (exact) mass is 281 g/mol. The molecule has 3 unspecified atom stereocenters. The number of piperazine rings is 1. The summed E-state index contributed by atoms with van der Waals surface area (Å²) in [6, 6.07) is 1.67. The molecule has 1 aromatic rings. The summed E-state index contributed by atoms with van der Waals surface area (Å²) >= 11 is 1.84. The molecule has 0 bridgehead atoms. The molecule has 1 fully saturated rings. The average molecular weight is 281 g/mol. The van der Waals surface area contributed by atoms with Gasteiger partial charge < -0.3 is 5.32 Å². The lowest BCUT2D eigenvalue weighted by atomic mass is 9.97. The van der Waals surface area contributed by atoms with Crippen LogP contribution in [0, 0.1) is 12.8 Å². The molecule has 108 valence electrons. The van der Waals surface area contributed by atoms with Crippen LogP contribution in [0.25, 0.3) is 0 Å². The van der Waals surface area contributed by atoms with Crippen LogP contribution in [0.2, 0.25) is 0 Å². The van der Waals surface area contributed by atoms with Crippen LogP contribution in [-0.4, -0.2) is 35.1 Å². The van der Waals surface area contributed by atoms with Crippen LogP contribution in [-0.2, 0) is 0 Å². The third-order valence-corrected chi connectivity index (χ3v) is 5.35. The predicted octanol–water partition coefficient (Wildman–Crippen LogP) is 3.22. The molecule has 19 heavy (non-hydrogen) atoms. The number of rotatable bonds is 4. The van der Waals surface area contributed by atoms with Gasteiger partial charge >= 0.3 is 0 Å². The number of nitrogens with zero attached hydrogens (tertiary/aromatic N) is 2. The standard InChI is InChI=1S/C15H27N3S/c1-6-13-8-16-14(10(2)3)9-18(13)12(5)15-17-7-11(4)19-15/h7,10,12-14,16H,6,8-9H2,1-5H3. The van der Waals surface area contributed by atoms with E-state index in [-0.39, 0.29) is 0 Å². The predicted molar refractivity (Wildman–Crippen MR) is 82.7 cm³/mol. The average Bonchev–Trinajstić information content (AvgIpc) is 2.83. The molecule has 1 saturated heterocycles. The van der Waals surface area contributed by atoms with Gasteiger partial charge in [-0.3, -0.25) is 4.90 Å². The second kappa shape index (κ2) is 6.33. The smallest absolute Gasteiger partial charge is 0.110 e. The van der Waals surface area contributed by atoms with E-state index in [2.05, 4.69) is 49.8 Å². The Balaban J connectivity index is 2.13. The van der Waals surface area contributed by atoms with E-state index in [0.717, 1.165) is 13.1 Å². The number of aromatic nitrogens is 1. The van der Waals surface area contributed by atoms with Crippen molar-refractivity contribution in [1.29, 1.82) is 0 Å². The molecule has 0 amide bonds. The van der Waals surface area contributed by atoms with E-state index in [1.165, 1.54) is 16.3 Å². The maximum Gasteiger partial charge on any atom is 0.110 e. The number of nitrogens with one attached hydrogen (secondary N) is 1. The van der Waals surface area contributed by atoms with Gasteiger partial charge in [0.25, 0.3) is 0 Å². The lowest BCUT2D eigenvalue weighted by Gasteiger charge is -2.44. The second-order valence-electron chi connectivity index (χ2n) is 6.00. The number of hydrogen-bond donors (Lipinski definition) is 1. The van der Waals surface area contributed by atoms with E-state index in [4.69, 9.17) is 0 Å². The van der Waals surface area contributed by atoms with E-state index in [1.54, 1.807) is 0 Å². The van der Waals surface area contributed by atoms with E-state index < -0.39 is 0 Å². The zero-order chi connectivity index (χ0) is 14.0. The Morgan fingerprint density at radius 3 is 2.74 bits per heavy atom. The fourth-order valence-corrected chi connectivity index (χ4v) is 3.70. The number of hydrogen-bond acceptors (Lipinski definition) is 4. The molecule has 3 nitrogen and oxygen atoms in total. The second-order valence-corrected chi connectivity index (χ2v) is 7.27. The first-order valence-corrected chi connectivity index (χ1v) is 8.26. The zero-order valence-electron chi connectivity index (χ0n) is 12.8. The number of aryl methyl sites for hydroxylation is 1. The summed E-state index contributed by atoms with van der Waals surface area (Å²) in [4.78, 5) is 8.55. The number of thiazole rings is 1. The Morgan fingerprint density at radius 2 is 2.21 bits per heavy atom. The highest BCUT2D eigenvalue weighted by molar-refractivity contribution is 7.11. The molecule has 0 aliphatic carbocycles. The van der Waals surface area contributed by atoms with E-state index in [0.29, 0.717) is 24.0 Å². The highest BCUT2D eigenvalue weighted by atomic mass is 32.1. The molecule has 1 aliphatic heterocycles. The van der Waals surface area contributed by atoms with Crippen molar-refractivity contribution in [1.82, 2.24) is 15.2 Å². The summed E-state index contributed by atoms with van der Waals surface area (Å²) in [5.41, 5.74) is 0. The molecule has 1 N–H and O–H groups in total. The molecule has 0 spiro atoms. The quantitative estimate of drug-likeness (QED) is 0.918. The minimum Gasteiger partial charge on any atom is -0.311 e. The van der Waals surface area contributed by atoms with Crippen molar-refractivity contribution in [3.8, 4) is 0 Å². The van der Waals surface area contributed by atoms with Gasteiger partial charge in [0.15, 0.2) is 0 Å². The molecule has 0 aromatic carbocycles. The largest absolute Gasteiger partial charge is 0.311 e. The van der Waals surface area contributed by atoms with Crippen molar-refractivity contribution in [3.05, 3.63) is 16.1 Å². The van der Waals surface area contributed by atoms with Gasteiger partial charge in [0.05, 0.1) is 6.04 Å². The van der Waals surface area contributed by atoms with Gasteiger partial charge in [-0.15, -0.1) is 11.3 Å². The van der Waals surface area contributed by atoms with Gasteiger partial charge in [-0.2, -0.15) is 0 Å². The summed E-state index contributed by atoms with van der Waals surface area (Å²) in [5, 5.41) is 4.97. The van der Waals surface area contributed by atoms with Gasteiger partial charge in [0, 0.05) is 36.2 Å². The summed E-state index contributed by atoms with van der Waals surface area (Å²) in [6.07, 6.45) is 3.20. The van der Waals surface area contributed by atoms with Gasteiger partial charge in [0.1, 0.15) is 5.01 Å². The molecular weight excluding hydrogens is 254 g/mol. The molecule has 1 aromatic heterocycles. The highest BCUT2D eigenvalue weighted by Gasteiger charge is 2.32. The van der Waals surface area contributed by atoms with Crippen LogP contribution in [0.1, 0.15) is 50.0 Å². The third kappa shape index (κ3) is 3.36. The first kappa shape index (κ1) is 14.9. The van der Waals surface area contributed by atoms with Crippen molar-refractivity contribution >= 4 is 11.3 Å². The van der Waals surface area contributed by atoms with Gasteiger partial charge in [-0.25, -0.2) is 4.98 Å². The van der Waals surface area contributed by atoms with Crippen LogP contribution >= 0.6 is 11.3 Å². The fraction of sp³-hybridized carbons (Fsp3) is 0.800. The maximum absolute atomic E-state index is 4.59. The van der Waals surface area contributed by atoms with Crippen molar-refractivity contribution in [2.75, 3.05) is 13.1 Å². The molecule has 0 radical (unpaired) electrons. The molecule has 0 saturated carbocycles. The van der Waals surface area contributed by atoms with E-state index in [9.17, 15) is 0 Å². The van der Waals surface area contributed by atoms with Crippen LogP contribution in [0.15, 0.2) is 6.20 Å². The normalized spacial score (nSPS) is 26.8. The topological polar surface area (TPSA) is 28.2 Å². The van der Waals surface area contributed by atoms with Gasteiger partial charge in [-0.1, -0.05) is 20.8 Å². The molecule has 4 heteroatoms. The fourth-order valence-electron chi connectivity index (χ4n) is 2.85. The summed E-state index contributed by atoms with van der Waals surface area (Å²) in [7, 11) is 0. The van der Waals surface area contributed by atoms with Crippen molar-refractivity contribution in [2.45, 2.75) is 59.2 Å². The molecule has 1 aliphatic rings. The molecule has 2 heterocycles. The Labute approximate surface area is 121 Å². The van der Waals surface area contributed by atoms with Gasteiger partial charge in [-0.05, 0) is 26.2 Å². The van der Waals surface area contributed by atoms with Gasteiger partial charge in [0.2, 0.25) is 0 Å². The molecule has 3 atom stereocenters. The third-order valence-electron chi connectivity index (χ3n) is 4.26. The minimum atomic E-state index is 0.437. The minimum absolute atomic E-state index is 0.437. The summed E-state index contributed by atoms with van der Waals surface area (Å²) in [6.45, 7) is 13.6. The van der Waals surface area contributed by atoms with Crippen molar-refractivity contribution < 1.29 is 0 Å². The van der Waals surface area contributed by atoms with E-state index in [1.807, 2.05) is 17.5 Å². The Kier molecular flexibility index (Phi) is 4.98. The summed E-state index contributed by atoms with van der Waals surface area (Å²) in [5.74, 6) is 0.686. The van der Waals surface area contributed by atoms with Crippen molar-refractivity contribution in [3.63, 3.8) is 0 Å². The highest BCUT2D eigenvalue weighted by Crippen LogP contribution is 2.29. The Hall–Kier alpha value is -0.450. The van der Waals surface area contributed by atoms with Crippen LogP contribution < -0.4 is 5.32 Å². The van der Waals surface area contributed by atoms with Crippen molar-refractivity contribution in [2.24, 2.45) is 5.92 Å². The summed E-state index contributed by atoms with van der Waals surface area (Å²) < 4.78 is 0. The van der Waals surface area contributed by atoms with Crippen LogP contribution in [0.3, 0.4) is 0 Å². The SMILES string of the molecule is CCC1CNC(C(C)C)CN1C(C)c1ncc(C)s1. The first-order valence-electron chi connectivity index (χ1n) is 7.44.